The summed E-state index contributed by atoms with van der Waals surface area (Å²) in [6.07, 6.45) is -0.111. The standard InChI is InChI=1S/C11H13F2N/c1-8-3-2-4-9(5-8)10(7-14)6-11(10,12)13/h2-5H,6-7,14H2,1H3. The fourth-order valence-electron chi connectivity index (χ4n) is 1.93. The van der Waals surface area contributed by atoms with Crippen LogP contribution in [0.4, 0.5) is 8.78 Å². The Bertz CT molecular complexity index is 362. The van der Waals surface area contributed by atoms with Gasteiger partial charge in [-0.05, 0) is 12.5 Å². The molecule has 0 radical (unpaired) electrons. The molecule has 1 aromatic carbocycles. The summed E-state index contributed by atoms with van der Waals surface area (Å²) in [5, 5.41) is 0. The number of nitrogens with two attached hydrogens (primary N) is 1. The van der Waals surface area contributed by atoms with Crippen LogP contribution >= 0.6 is 0 Å². The quantitative estimate of drug-likeness (QED) is 0.773. The first kappa shape index (κ1) is 9.59. The maximum absolute atomic E-state index is 13.2. The number of hydrogen-bond acceptors (Lipinski definition) is 1. The highest BCUT2D eigenvalue weighted by atomic mass is 19.3. The average Bonchev–Trinajstić information content (AvgIpc) is 2.70. The van der Waals surface area contributed by atoms with Gasteiger partial charge < -0.3 is 5.73 Å². The molecule has 1 nitrogen and oxygen atoms in total. The minimum absolute atomic E-state index is 0.0173. The summed E-state index contributed by atoms with van der Waals surface area (Å²) in [6.45, 7) is 1.91. The van der Waals surface area contributed by atoms with Gasteiger partial charge in [0.05, 0.1) is 5.41 Å². The van der Waals surface area contributed by atoms with Gasteiger partial charge in [0.2, 0.25) is 0 Å². The molecule has 0 heterocycles. The molecule has 0 aliphatic heterocycles. The Morgan fingerprint density at radius 3 is 2.50 bits per heavy atom. The Labute approximate surface area is 81.9 Å². The van der Waals surface area contributed by atoms with Crippen LogP contribution in [0.1, 0.15) is 17.5 Å². The van der Waals surface area contributed by atoms with Gasteiger partial charge in [0.1, 0.15) is 0 Å². The van der Waals surface area contributed by atoms with E-state index in [1.54, 1.807) is 18.2 Å². The van der Waals surface area contributed by atoms with Crippen molar-refractivity contribution in [3.63, 3.8) is 0 Å². The monoisotopic (exact) mass is 197 g/mol. The fourth-order valence-corrected chi connectivity index (χ4v) is 1.93. The van der Waals surface area contributed by atoms with E-state index >= 15 is 0 Å². The Kier molecular flexibility index (Phi) is 1.89. The van der Waals surface area contributed by atoms with E-state index in [4.69, 9.17) is 5.73 Å². The second-order valence-electron chi connectivity index (χ2n) is 4.04. The van der Waals surface area contributed by atoms with Crippen LogP contribution in [-0.2, 0) is 5.41 Å². The molecule has 0 saturated heterocycles. The lowest BCUT2D eigenvalue weighted by Crippen LogP contribution is -2.26. The molecule has 76 valence electrons. The van der Waals surface area contributed by atoms with E-state index < -0.39 is 11.3 Å². The minimum atomic E-state index is -2.62. The summed E-state index contributed by atoms with van der Waals surface area (Å²) < 4.78 is 26.4. The van der Waals surface area contributed by atoms with Gasteiger partial charge in [-0.15, -0.1) is 0 Å². The van der Waals surface area contributed by atoms with Crippen LogP contribution in [0.5, 0.6) is 0 Å². The third kappa shape index (κ3) is 1.16. The second kappa shape index (κ2) is 2.76. The van der Waals surface area contributed by atoms with E-state index in [0.29, 0.717) is 5.56 Å². The van der Waals surface area contributed by atoms with E-state index in [-0.39, 0.29) is 13.0 Å². The predicted molar refractivity (Wildman–Crippen MR) is 51.5 cm³/mol. The van der Waals surface area contributed by atoms with Crippen molar-refractivity contribution >= 4 is 0 Å². The van der Waals surface area contributed by atoms with Gasteiger partial charge in [0.25, 0.3) is 5.92 Å². The van der Waals surface area contributed by atoms with Crippen LogP contribution in [0.3, 0.4) is 0 Å². The zero-order valence-corrected chi connectivity index (χ0v) is 8.06. The summed E-state index contributed by atoms with van der Waals surface area (Å²) in [5.74, 6) is -2.62. The zero-order chi connectivity index (χ0) is 10.4. The lowest BCUT2D eigenvalue weighted by atomic mass is 9.94. The van der Waals surface area contributed by atoms with Gasteiger partial charge in [-0.3, -0.25) is 0 Å². The molecule has 1 unspecified atom stereocenters. The largest absolute Gasteiger partial charge is 0.329 e. The van der Waals surface area contributed by atoms with E-state index in [1.807, 2.05) is 13.0 Å². The molecule has 2 N–H and O–H groups in total. The minimum Gasteiger partial charge on any atom is -0.329 e. The van der Waals surface area contributed by atoms with Crippen LogP contribution in [0.15, 0.2) is 24.3 Å². The van der Waals surface area contributed by atoms with Gasteiger partial charge in [0, 0.05) is 13.0 Å². The van der Waals surface area contributed by atoms with Gasteiger partial charge in [-0.1, -0.05) is 29.8 Å². The third-order valence-electron chi connectivity index (χ3n) is 3.02. The molecule has 0 aromatic heterocycles. The van der Waals surface area contributed by atoms with Crippen molar-refractivity contribution in [1.82, 2.24) is 0 Å². The highest BCUT2D eigenvalue weighted by Gasteiger charge is 2.70. The number of aryl methyl sites for hydroxylation is 1. The Balaban J connectivity index is 2.40. The van der Waals surface area contributed by atoms with Gasteiger partial charge >= 0.3 is 0 Å². The molecule has 0 spiro atoms. The van der Waals surface area contributed by atoms with Crippen molar-refractivity contribution in [2.45, 2.75) is 24.7 Å². The number of alkyl halides is 2. The summed E-state index contributed by atoms with van der Waals surface area (Å²) in [7, 11) is 0. The number of benzene rings is 1. The van der Waals surface area contributed by atoms with Crippen LogP contribution in [0, 0.1) is 6.92 Å². The van der Waals surface area contributed by atoms with Crippen LogP contribution in [-0.4, -0.2) is 12.5 Å². The third-order valence-corrected chi connectivity index (χ3v) is 3.02. The van der Waals surface area contributed by atoms with E-state index in [1.165, 1.54) is 0 Å². The molecule has 2 rings (SSSR count). The van der Waals surface area contributed by atoms with Crippen molar-refractivity contribution in [2.24, 2.45) is 5.73 Å². The van der Waals surface area contributed by atoms with Crippen molar-refractivity contribution < 1.29 is 8.78 Å². The number of hydrogen-bond donors (Lipinski definition) is 1. The van der Waals surface area contributed by atoms with Crippen molar-refractivity contribution in [1.29, 1.82) is 0 Å². The summed E-state index contributed by atoms with van der Waals surface area (Å²) in [4.78, 5) is 0. The summed E-state index contributed by atoms with van der Waals surface area (Å²) in [6, 6.07) is 7.24. The van der Waals surface area contributed by atoms with Crippen molar-refractivity contribution in [2.75, 3.05) is 6.54 Å². The highest BCUT2D eigenvalue weighted by molar-refractivity contribution is 5.40. The zero-order valence-electron chi connectivity index (χ0n) is 8.06. The first-order valence-corrected chi connectivity index (χ1v) is 4.67. The molecule has 14 heavy (non-hydrogen) atoms. The topological polar surface area (TPSA) is 26.0 Å². The molecular formula is C11H13F2N. The maximum Gasteiger partial charge on any atom is 0.260 e. The summed E-state index contributed by atoms with van der Waals surface area (Å²) >= 11 is 0. The van der Waals surface area contributed by atoms with Gasteiger partial charge in [0.15, 0.2) is 0 Å². The van der Waals surface area contributed by atoms with Crippen molar-refractivity contribution in [3.8, 4) is 0 Å². The number of rotatable bonds is 2. The molecule has 1 saturated carbocycles. The normalized spacial score (nSPS) is 28.9. The highest BCUT2D eigenvalue weighted by Crippen LogP contribution is 2.60. The smallest absolute Gasteiger partial charge is 0.260 e. The van der Waals surface area contributed by atoms with Gasteiger partial charge in [-0.2, -0.15) is 0 Å². The van der Waals surface area contributed by atoms with Crippen LogP contribution < -0.4 is 5.73 Å². The van der Waals surface area contributed by atoms with Gasteiger partial charge in [-0.25, -0.2) is 8.78 Å². The van der Waals surface area contributed by atoms with Crippen LogP contribution in [0.25, 0.3) is 0 Å². The molecule has 1 aromatic rings. The Hall–Kier alpha value is -0.960. The number of halogens is 2. The first-order chi connectivity index (χ1) is 6.52. The molecule has 0 amide bonds. The second-order valence-corrected chi connectivity index (χ2v) is 4.04. The van der Waals surface area contributed by atoms with E-state index in [0.717, 1.165) is 5.56 Å². The Morgan fingerprint density at radius 2 is 2.07 bits per heavy atom. The molecule has 1 atom stereocenters. The molecule has 0 bridgehead atoms. The van der Waals surface area contributed by atoms with E-state index in [2.05, 4.69) is 0 Å². The maximum atomic E-state index is 13.2. The first-order valence-electron chi connectivity index (χ1n) is 4.67. The summed E-state index contributed by atoms with van der Waals surface area (Å²) in [5.41, 5.74) is 6.03. The van der Waals surface area contributed by atoms with Crippen molar-refractivity contribution in [3.05, 3.63) is 35.4 Å². The Morgan fingerprint density at radius 1 is 1.43 bits per heavy atom. The lowest BCUT2D eigenvalue weighted by molar-refractivity contribution is 0.0896. The molecule has 1 fully saturated rings. The molecular weight excluding hydrogens is 184 g/mol. The molecule has 1 aliphatic rings. The van der Waals surface area contributed by atoms with E-state index in [9.17, 15) is 8.78 Å². The SMILES string of the molecule is Cc1cccc(C2(CN)CC2(F)F)c1. The van der Waals surface area contributed by atoms with Crippen LogP contribution in [0.2, 0.25) is 0 Å². The molecule has 1 aliphatic carbocycles. The average molecular weight is 197 g/mol. The fraction of sp³-hybridized carbons (Fsp3) is 0.455. The molecule has 3 heteroatoms. The lowest BCUT2D eigenvalue weighted by Gasteiger charge is -2.14. The predicted octanol–water partition coefficient (Wildman–Crippen LogP) is 2.23.